The van der Waals surface area contributed by atoms with Gasteiger partial charge in [-0.3, -0.25) is 9.69 Å². The van der Waals surface area contributed by atoms with Gasteiger partial charge in [-0.25, -0.2) is 4.98 Å². The molecule has 39 heavy (non-hydrogen) atoms. The van der Waals surface area contributed by atoms with Gasteiger partial charge in [-0.05, 0) is 53.6 Å². The van der Waals surface area contributed by atoms with Crippen LogP contribution in [0.3, 0.4) is 0 Å². The summed E-state index contributed by atoms with van der Waals surface area (Å²) in [5.41, 5.74) is 6.31. The number of aliphatic hydroxyl groups is 1. The van der Waals surface area contributed by atoms with Crippen molar-refractivity contribution in [1.82, 2.24) is 4.98 Å². The highest BCUT2D eigenvalue weighted by atomic mass is 16.3. The van der Waals surface area contributed by atoms with E-state index in [1.807, 2.05) is 60.8 Å². The molecule has 0 saturated heterocycles. The van der Waals surface area contributed by atoms with Crippen LogP contribution in [0, 0.1) is 0 Å². The summed E-state index contributed by atoms with van der Waals surface area (Å²) in [4.78, 5) is 20.0. The fraction of sp³-hybridized carbons (Fsp3) is 0.118. The van der Waals surface area contributed by atoms with Crippen LogP contribution in [0.15, 0.2) is 113 Å². The average Bonchev–Trinajstić information content (AvgIpc) is 3.56. The first kappa shape index (κ1) is 23.4. The second-order valence-electron chi connectivity index (χ2n) is 10.5. The topological polar surface area (TPSA) is 66.6 Å². The number of aliphatic hydroxyl groups excluding tert-OH is 1. The van der Waals surface area contributed by atoms with Gasteiger partial charge in [0, 0.05) is 45.3 Å². The summed E-state index contributed by atoms with van der Waals surface area (Å²) >= 11 is 0. The summed E-state index contributed by atoms with van der Waals surface area (Å²) in [6.45, 7) is 4.35. The zero-order valence-electron chi connectivity index (χ0n) is 21.6. The molecule has 0 saturated carbocycles. The van der Waals surface area contributed by atoms with Crippen molar-refractivity contribution in [1.29, 1.82) is 0 Å². The van der Waals surface area contributed by atoms with Crippen molar-refractivity contribution in [2.45, 2.75) is 25.4 Å². The zero-order valence-corrected chi connectivity index (χ0v) is 21.6. The van der Waals surface area contributed by atoms with E-state index in [1.165, 1.54) is 0 Å². The van der Waals surface area contributed by atoms with Crippen LogP contribution < -0.4 is 4.90 Å². The summed E-state index contributed by atoms with van der Waals surface area (Å²) in [6.07, 6.45) is 2.60. The van der Waals surface area contributed by atoms with Gasteiger partial charge < -0.3 is 9.52 Å². The van der Waals surface area contributed by atoms with Gasteiger partial charge in [0.25, 0.3) is 0 Å². The number of fused-ring (bicyclic) bond motifs is 4. The molecule has 2 heterocycles. The summed E-state index contributed by atoms with van der Waals surface area (Å²) in [5, 5.41) is 10.8. The second kappa shape index (κ2) is 8.65. The lowest BCUT2D eigenvalue weighted by atomic mass is 9.83. The van der Waals surface area contributed by atoms with E-state index >= 15 is 0 Å². The summed E-state index contributed by atoms with van der Waals surface area (Å²) in [7, 11) is 0. The third-order valence-corrected chi connectivity index (χ3v) is 7.84. The lowest BCUT2D eigenvalue weighted by Crippen LogP contribution is -2.17. The minimum absolute atomic E-state index is 0.164. The number of Topliss-reactive ketones (excluding diaryl/α,β-unsaturated/α-hetero) is 1. The molecule has 1 N–H and O–H groups in total. The van der Waals surface area contributed by atoms with Crippen molar-refractivity contribution in [3.05, 3.63) is 137 Å². The minimum atomic E-state index is -0.958. The number of hydrogen-bond acceptors (Lipinski definition) is 5. The average molecular weight is 511 g/mol. The highest BCUT2D eigenvalue weighted by Gasteiger charge is 2.40. The zero-order chi connectivity index (χ0) is 26.7. The Kier molecular flexibility index (Phi) is 5.19. The molecule has 3 aromatic carbocycles. The van der Waals surface area contributed by atoms with Gasteiger partial charge >= 0.3 is 0 Å². The third kappa shape index (κ3) is 3.58. The first-order valence-electron chi connectivity index (χ1n) is 13.0. The van der Waals surface area contributed by atoms with E-state index in [1.54, 1.807) is 18.2 Å². The fourth-order valence-corrected chi connectivity index (χ4v) is 5.81. The van der Waals surface area contributed by atoms with Gasteiger partial charge in [-0.1, -0.05) is 74.5 Å². The van der Waals surface area contributed by atoms with E-state index in [4.69, 9.17) is 9.40 Å². The number of pyridine rings is 1. The van der Waals surface area contributed by atoms with E-state index in [2.05, 4.69) is 49.1 Å². The number of benzene rings is 3. The number of para-hydroxylation sites is 2. The van der Waals surface area contributed by atoms with Gasteiger partial charge in [0.2, 0.25) is 0 Å². The molecular formula is C34H26N2O3. The highest BCUT2D eigenvalue weighted by molar-refractivity contribution is 6.16. The standard InChI is InChI=1S/C34H26N2O3/c1-34(2)28-19-30(36(21-11-5-3-6-12-21)22-13-7-4-8-14-22)35-20-27(28)33-29(34)18-23(39-33)17-26-31(37)24-15-9-10-16-25(24)32(26)38/h3-20,31,37H,1-2H3/b26-17+. The monoisotopic (exact) mass is 510 g/mol. The van der Waals surface area contributed by atoms with Crippen LogP contribution in [0.5, 0.6) is 0 Å². The van der Waals surface area contributed by atoms with Crippen LogP contribution in [0.1, 0.15) is 52.8 Å². The summed E-state index contributed by atoms with van der Waals surface area (Å²) in [6, 6.07) is 31.7. The number of furan rings is 1. The Bertz CT molecular complexity index is 1730. The molecule has 0 radical (unpaired) electrons. The van der Waals surface area contributed by atoms with Crippen LogP contribution in [0.4, 0.5) is 17.2 Å². The van der Waals surface area contributed by atoms with Gasteiger partial charge in [0.05, 0.1) is 0 Å². The number of anilines is 3. The fourth-order valence-electron chi connectivity index (χ4n) is 5.81. The van der Waals surface area contributed by atoms with Crippen LogP contribution in [0.2, 0.25) is 0 Å². The first-order chi connectivity index (χ1) is 18.9. The maximum absolute atomic E-state index is 13.0. The number of hydrogen-bond donors (Lipinski definition) is 1. The first-order valence-corrected chi connectivity index (χ1v) is 13.0. The van der Waals surface area contributed by atoms with E-state index in [0.717, 1.165) is 39.6 Å². The molecule has 190 valence electrons. The van der Waals surface area contributed by atoms with Crippen molar-refractivity contribution in [2.75, 3.05) is 4.90 Å². The lowest BCUT2D eigenvalue weighted by molar-refractivity contribution is 0.102. The molecule has 2 aliphatic rings. The molecule has 1 atom stereocenters. The smallest absolute Gasteiger partial charge is 0.192 e. The molecule has 7 rings (SSSR count). The Hall–Kier alpha value is -4.74. The molecule has 0 fully saturated rings. The lowest BCUT2D eigenvalue weighted by Gasteiger charge is -2.26. The van der Waals surface area contributed by atoms with E-state index < -0.39 is 6.10 Å². The van der Waals surface area contributed by atoms with Crippen LogP contribution in [-0.4, -0.2) is 15.9 Å². The molecule has 5 heteroatoms. The SMILES string of the molecule is CC1(C)c2cc(N(c3ccccc3)c3ccccc3)ncc2-c2oc(/C=C3/C(=O)c4ccccc4C3O)cc21. The number of aromatic nitrogens is 1. The van der Waals surface area contributed by atoms with Crippen LogP contribution in [-0.2, 0) is 5.41 Å². The summed E-state index contributed by atoms with van der Waals surface area (Å²) in [5.74, 6) is 1.96. The largest absolute Gasteiger partial charge is 0.456 e. The number of ketones is 1. The molecule has 5 aromatic rings. The molecule has 5 nitrogen and oxygen atoms in total. The van der Waals surface area contributed by atoms with Gasteiger partial charge in [-0.2, -0.15) is 0 Å². The Morgan fingerprint density at radius 2 is 1.49 bits per heavy atom. The van der Waals surface area contributed by atoms with Gasteiger partial charge in [-0.15, -0.1) is 0 Å². The Balaban J connectivity index is 1.30. The van der Waals surface area contributed by atoms with E-state index in [-0.39, 0.29) is 11.2 Å². The maximum Gasteiger partial charge on any atom is 0.192 e. The van der Waals surface area contributed by atoms with E-state index in [9.17, 15) is 9.90 Å². The predicted octanol–water partition coefficient (Wildman–Crippen LogP) is 7.76. The normalized spacial score (nSPS) is 17.7. The maximum atomic E-state index is 13.0. The van der Waals surface area contributed by atoms with Crippen molar-refractivity contribution in [2.24, 2.45) is 0 Å². The molecule has 0 spiro atoms. The predicted molar refractivity (Wildman–Crippen MR) is 152 cm³/mol. The quantitative estimate of drug-likeness (QED) is 0.250. The molecule has 1 unspecified atom stereocenters. The Labute approximate surface area is 226 Å². The Morgan fingerprint density at radius 3 is 2.15 bits per heavy atom. The molecule has 2 aromatic heterocycles. The number of carbonyl (C=O) groups excluding carboxylic acids is 1. The van der Waals surface area contributed by atoms with Gasteiger partial charge in [0.15, 0.2) is 5.78 Å². The van der Waals surface area contributed by atoms with Crippen molar-refractivity contribution in [3.63, 3.8) is 0 Å². The second-order valence-corrected chi connectivity index (χ2v) is 10.5. The molecular weight excluding hydrogens is 484 g/mol. The van der Waals surface area contributed by atoms with Gasteiger partial charge in [0.1, 0.15) is 23.4 Å². The number of nitrogens with zero attached hydrogens (tertiary/aromatic N) is 2. The van der Waals surface area contributed by atoms with Crippen molar-refractivity contribution < 1.29 is 14.3 Å². The molecule has 0 aliphatic heterocycles. The molecule has 0 bridgehead atoms. The van der Waals surface area contributed by atoms with Crippen molar-refractivity contribution >= 4 is 29.1 Å². The van der Waals surface area contributed by atoms with E-state index in [0.29, 0.717) is 22.5 Å². The van der Waals surface area contributed by atoms with Crippen LogP contribution >= 0.6 is 0 Å². The Morgan fingerprint density at radius 1 is 0.846 bits per heavy atom. The molecule has 2 aliphatic carbocycles. The minimum Gasteiger partial charge on any atom is -0.456 e. The van der Waals surface area contributed by atoms with Crippen molar-refractivity contribution in [3.8, 4) is 11.3 Å². The summed E-state index contributed by atoms with van der Waals surface area (Å²) < 4.78 is 6.32. The number of carbonyl (C=O) groups is 1. The number of rotatable bonds is 4. The highest BCUT2D eigenvalue weighted by Crippen LogP contribution is 2.51. The third-order valence-electron chi connectivity index (χ3n) is 7.84. The molecule has 0 amide bonds. The van der Waals surface area contributed by atoms with Crippen LogP contribution in [0.25, 0.3) is 17.4 Å².